The minimum Gasteiger partial charge on any atom is -0.338 e. The molecule has 1 unspecified atom stereocenters. The molecule has 0 radical (unpaired) electrons. The van der Waals surface area contributed by atoms with Gasteiger partial charge in [0.05, 0.1) is 22.6 Å². The minimum atomic E-state index is -3.07. The monoisotopic (exact) mass is 471 g/mol. The smallest absolute Gasteiger partial charge is 0.263 e. The molecule has 10 heteroatoms. The zero-order chi connectivity index (χ0) is 22.1. The summed E-state index contributed by atoms with van der Waals surface area (Å²) in [7, 11) is -3.07. The van der Waals surface area contributed by atoms with E-state index in [9.17, 15) is 18.0 Å². The van der Waals surface area contributed by atoms with Crippen molar-refractivity contribution in [2.75, 3.05) is 23.8 Å². The number of thioether (sulfide) groups is 1. The van der Waals surface area contributed by atoms with Crippen molar-refractivity contribution in [3.05, 3.63) is 20.8 Å². The highest BCUT2D eigenvalue weighted by molar-refractivity contribution is 7.99. The van der Waals surface area contributed by atoms with Crippen LogP contribution in [0.4, 0.5) is 0 Å². The van der Waals surface area contributed by atoms with Crippen LogP contribution in [-0.2, 0) is 21.2 Å². The fourth-order valence-electron chi connectivity index (χ4n) is 3.77. The van der Waals surface area contributed by atoms with Gasteiger partial charge < -0.3 is 4.90 Å². The normalized spacial score (nSPS) is 18.2. The molecule has 3 heterocycles. The van der Waals surface area contributed by atoms with E-state index in [1.165, 1.54) is 23.1 Å². The van der Waals surface area contributed by atoms with E-state index in [0.717, 1.165) is 23.3 Å². The van der Waals surface area contributed by atoms with Gasteiger partial charge in [-0.1, -0.05) is 25.1 Å². The van der Waals surface area contributed by atoms with Crippen LogP contribution in [0.25, 0.3) is 10.2 Å². The second-order valence-electron chi connectivity index (χ2n) is 7.69. The summed E-state index contributed by atoms with van der Waals surface area (Å²) >= 11 is 2.76. The van der Waals surface area contributed by atoms with Crippen LogP contribution < -0.4 is 5.56 Å². The number of fused-ring (bicyclic) bond motifs is 1. The lowest BCUT2D eigenvalue weighted by molar-refractivity contribution is -0.130. The van der Waals surface area contributed by atoms with Crippen molar-refractivity contribution in [3.8, 4) is 0 Å². The Labute approximate surface area is 185 Å². The van der Waals surface area contributed by atoms with Gasteiger partial charge in [0.2, 0.25) is 5.91 Å². The van der Waals surface area contributed by atoms with Crippen LogP contribution in [0.3, 0.4) is 0 Å². The van der Waals surface area contributed by atoms with Crippen molar-refractivity contribution in [2.45, 2.75) is 64.7 Å². The number of hydrogen-bond acceptors (Lipinski definition) is 7. The average molecular weight is 472 g/mol. The van der Waals surface area contributed by atoms with Crippen LogP contribution in [0.2, 0.25) is 0 Å². The summed E-state index contributed by atoms with van der Waals surface area (Å²) in [6, 6.07) is -0.249. The Hall–Kier alpha value is -1.39. The Bertz CT molecular complexity index is 1100. The Morgan fingerprint density at radius 1 is 1.33 bits per heavy atom. The molecular weight excluding hydrogens is 442 g/mol. The molecule has 0 aromatic carbocycles. The lowest BCUT2D eigenvalue weighted by Crippen LogP contribution is -2.42. The third kappa shape index (κ3) is 4.75. The van der Waals surface area contributed by atoms with E-state index >= 15 is 0 Å². The molecule has 3 rings (SSSR count). The number of sulfone groups is 1. The van der Waals surface area contributed by atoms with Crippen LogP contribution >= 0.6 is 23.1 Å². The lowest BCUT2D eigenvalue weighted by atomic mass is 10.2. The first kappa shape index (κ1) is 23.3. The van der Waals surface area contributed by atoms with Gasteiger partial charge >= 0.3 is 0 Å². The van der Waals surface area contributed by atoms with Gasteiger partial charge in [0, 0.05) is 24.0 Å². The summed E-state index contributed by atoms with van der Waals surface area (Å²) in [6.45, 7) is 8.91. The Morgan fingerprint density at radius 3 is 2.67 bits per heavy atom. The predicted octanol–water partition coefficient (Wildman–Crippen LogP) is 3.00. The van der Waals surface area contributed by atoms with E-state index in [2.05, 4.69) is 4.98 Å². The number of rotatable bonds is 8. The number of amides is 1. The minimum absolute atomic E-state index is 0.0464. The molecule has 0 spiro atoms. The molecule has 2 aromatic heterocycles. The molecule has 1 aliphatic heterocycles. The van der Waals surface area contributed by atoms with Gasteiger partial charge in [-0.3, -0.25) is 14.2 Å². The van der Waals surface area contributed by atoms with Gasteiger partial charge in [0.25, 0.3) is 5.56 Å². The molecule has 7 nitrogen and oxygen atoms in total. The van der Waals surface area contributed by atoms with Crippen LogP contribution in [0, 0.1) is 13.8 Å². The highest BCUT2D eigenvalue weighted by Gasteiger charge is 2.34. The van der Waals surface area contributed by atoms with Gasteiger partial charge in [-0.05, 0) is 39.2 Å². The molecule has 0 aliphatic carbocycles. The van der Waals surface area contributed by atoms with Crippen molar-refractivity contribution >= 4 is 49.1 Å². The van der Waals surface area contributed by atoms with Crippen molar-refractivity contribution in [1.29, 1.82) is 0 Å². The zero-order valence-electron chi connectivity index (χ0n) is 17.9. The molecule has 1 atom stereocenters. The van der Waals surface area contributed by atoms with Gasteiger partial charge in [0.15, 0.2) is 15.0 Å². The zero-order valence-corrected chi connectivity index (χ0v) is 20.4. The summed E-state index contributed by atoms with van der Waals surface area (Å²) in [5.41, 5.74) is 0.902. The number of aromatic nitrogens is 2. The average Bonchev–Trinajstić information content (AvgIpc) is 3.19. The van der Waals surface area contributed by atoms with Gasteiger partial charge in [-0.25, -0.2) is 13.4 Å². The highest BCUT2D eigenvalue weighted by Crippen LogP contribution is 2.29. The summed E-state index contributed by atoms with van der Waals surface area (Å²) in [5.74, 6) is 0.239. The van der Waals surface area contributed by atoms with Crippen LogP contribution in [0.1, 0.15) is 43.6 Å². The number of thiophene rings is 1. The van der Waals surface area contributed by atoms with Gasteiger partial charge in [-0.2, -0.15) is 0 Å². The van der Waals surface area contributed by atoms with Crippen molar-refractivity contribution in [1.82, 2.24) is 14.5 Å². The first-order chi connectivity index (χ1) is 14.2. The number of carbonyl (C=O) groups excluding carboxylic acids is 1. The maximum Gasteiger partial charge on any atom is 0.263 e. The molecule has 1 fully saturated rings. The molecule has 166 valence electrons. The number of nitrogens with zero attached hydrogens (tertiary/aromatic N) is 3. The summed E-state index contributed by atoms with van der Waals surface area (Å²) in [5, 5.41) is 1.20. The Kier molecular flexibility index (Phi) is 7.29. The molecule has 2 aromatic rings. The van der Waals surface area contributed by atoms with E-state index in [1.54, 1.807) is 9.47 Å². The third-order valence-corrected chi connectivity index (χ3v) is 9.43. The summed E-state index contributed by atoms with van der Waals surface area (Å²) in [4.78, 5) is 34.2. The van der Waals surface area contributed by atoms with Crippen LogP contribution in [-0.4, -0.2) is 58.6 Å². The SMILES string of the molecule is CCCCN(C(=O)CSc1nc2sc(C)c(C)c2c(=O)n1CC)C1CCS(=O)(=O)C1. The molecule has 30 heavy (non-hydrogen) atoms. The van der Waals surface area contributed by atoms with E-state index in [-0.39, 0.29) is 34.8 Å². The number of carbonyl (C=O) groups is 1. The molecule has 1 saturated heterocycles. The summed E-state index contributed by atoms with van der Waals surface area (Å²) in [6.07, 6.45) is 2.27. The van der Waals surface area contributed by atoms with Crippen LogP contribution in [0.15, 0.2) is 9.95 Å². The fourth-order valence-corrected chi connectivity index (χ4v) is 7.52. The Balaban J connectivity index is 1.82. The number of unbranched alkanes of at least 4 members (excludes halogenated alkanes) is 1. The van der Waals surface area contributed by atoms with E-state index in [0.29, 0.717) is 34.9 Å². The van der Waals surface area contributed by atoms with E-state index < -0.39 is 9.84 Å². The topological polar surface area (TPSA) is 89.3 Å². The quantitative estimate of drug-likeness (QED) is 0.434. The second-order valence-corrected chi connectivity index (χ2v) is 12.1. The summed E-state index contributed by atoms with van der Waals surface area (Å²) < 4.78 is 25.4. The van der Waals surface area contributed by atoms with Crippen molar-refractivity contribution in [3.63, 3.8) is 0 Å². The lowest BCUT2D eigenvalue weighted by Gasteiger charge is -2.28. The maximum atomic E-state index is 13.0. The molecule has 0 saturated carbocycles. The third-order valence-electron chi connectivity index (χ3n) is 5.62. The fraction of sp³-hybridized carbons (Fsp3) is 0.650. The van der Waals surface area contributed by atoms with E-state index in [4.69, 9.17) is 0 Å². The molecule has 0 bridgehead atoms. The largest absolute Gasteiger partial charge is 0.338 e. The number of aryl methyl sites for hydroxylation is 2. The number of hydrogen-bond donors (Lipinski definition) is 0. The molecular formula is C20H29N3O4S3. The van der Waals surface area contributed by atoms with Crippen molar-refractivity contribution < 1.29 is 13.2 Å². The van der Waals surface area contributed by atoms with Crippen LogP contribution in [0.5, 0.6) is 0 Å². The molecule has 1 amide bonds. The van der Waals surface area contributed by atoms with Gasteiger partial charge in [-0.15, -0.1) is 11.3 Å². The second kappa shape index (κ2) is 9.40. The molecule has 1 aliphatic rings. The first-order valence-corrected chi connectivity index (χ1v) is 13.9. The van der Waals surface area contributed by atoms with Gasteiger partial charge in [0.1, 0.15) is 4.83 Å². The van der Waals surface area contributed by atoms with Crippen molar-refractivity contribution in [2.24, 2.45) is 0 Å². The maximum absolute atomic E-state index is 13.0. The highest BCUT2D eigenvalue weighted by atomic mass is 32.2. The predicted molar refractivity (Wildman–Crippen MR) is 123 cm³/mol. The molecule has 0 N–H and O–H groups in total. The Morgan fingerprint density at radius 2 is 2.07 bits per heavy atom. The first-order valence-electron chi connectivity index (χ1n) is 10.3. The standard InChI is InChI=1S/C20H29N3O4S3/c1-5-7-9-23(15-8-10-30(26,27)12-15)16(24)11-28-20-21-18-17(13(3)14(4)29-18)19(25)22(20)6-2/h15H,5-12H2,1-4H3. The van der Waals surface area contributed by atoms with E-state index in [1.807, 2.05) is 27.7 Å².